The quantitative estimate of drug-likeness (QED) is 0.889. The molecule has 19 heavy (non-hydrogen) atoms. The number of hydrogen-bond acceptors (Lipinski definition) is 3. The summed E-state index contributed by atoms with van der Waals surface area (Å²) in [6, 6.07) is 3.37. The van der Waals surface area contributed by atoms with E-state index in [2.05, 4.69) is 5.32 Å². The van der Waals surface area contributed by atoms with Crippen molar-refractivity contribution in [3.8, 4) is 5.75 Å². The van der Waals surface area contributed by atoms with Crippen LogP contribution >= 0.6 is 0 Å². The Morgan fingerprint density at radius 3 is 2.58 bits per heavy atom. The Balaban J connectivity index is 2.16. The van der Waals surface area contributed by atoms with Crippen molar-refractivity contribution in [1.29, 1.82) is 0 Å². The summed E-state index contributed by atoms with van der Waals surface area (Å²) >= 11 is 0. The molecule has 1 N–H and O–H groups in total. The van der Waals surface area contributed by atoms with Crippen LogP contribution in [0.2, 0.25) is 0 Å². The fourth-order valence-electron chi connectivity index (χ4n) is 2.66. The van der Waals surface area contributed by atoms with Gasteiger partial charge in [-0.2, -0.15) is 0 Å². The largest absolute Gasteiger partial charge is 0.496 e. The summed E-state index contributed by atoms with van der Waals surface area (Å²) in [4.78, 5) is 0. The van der Waals surface area contributed by atoms with Gasteiger partial charge in [0.05, 0.1) is 13.7 Å². The van der Waals surface area contributed by atoms with Crippen LogP contribution in [-0.2, 0) is 17.8 Å². The Morgan fingerprint density at radius 1 is 1.21 bits per heavy atom. The average Bonchev–Trinajstić information content (AvgIpc) is 2.43. The third-order valence-corrected chi connectivity index (χ3v) is 3.72. The van der Waals surface area contributed by atoms with Crippen molar-refractivity contribution in [3.05, 3.63) is 29.1 Å². The Morgan fingerprint density at radius 2 is 1.95 bits per heavy atom. The summed E-state index contributed by atoms with van der Waals surface area (Å²) in [5, 5.41) is 3.33. The Kier molecular flexibility index (Phi) is 5.16. The molecule has 3 nitrogen and oxygen atoms in total. The monoisotopic (exact) mass is 267 g/mol. The van der Waals surface area contributed by atoms with Gasteiger partial charge in [0.25, 0.3) is 0 Å². The van der Waals surface area contributed by atoms with E-state index < -0.39 is 0 Å². The first-order valence-corrected chi connectivity index (χ1v) is 6.79. The average molecular weight is 267 g/mol. The van der Waals surface area contributed by atoms with Crippen molar-refractivity contribution < 1.29 is 13.9 Å². The number of nitrogens with one attached hydrogen (secondary N) is 1. The second-order valence-corrected chi connectivity index (χ2v) is 5.09. The van der Waals surface area contributed by atoms with Crippen LogP contribution in [0, 0.1) is 11.7 Å². The minimum atomic E-state index is -0.171. The van der Waals surface area contributed by atoms with Crippen LogP contribution in [0.3, 0.4) is 0 Å². The number of methoxy groups -OCH3 is 2. The van der Waals surface area contributed by atoms with Crippen LogP contribution in [0.15, 0.2) is 12.1 Å². The predicted octanol–water partition coefficient (Wildman–Crippen LogP) is 2.52. The summed E-state index contributed by atoms with van der Waals surface area (Å²) in [7, 11) is 3.19. The maximum absolute atomic E-state index is 14.1. The zero-order valence-electron chi connectivity index (χ0n) is 11.7. The van der Waals surface area contributed by atoms with Crippen LogP contribution in [-0.4, -0.2) is 27.3 Å². The number of ether oxygens (including phenoxy) is 2. The van der Waals surface area contributed by atoms with Gasteiger partial charge in [-0.1, -0.05) is 0 Å². The van der Waals surface area contributed by atoms with Gasteiger partial charge in [0.2, 0.25) is 0 Å². The third-order valence-electron chi connectivity index (χ3n) is 3.72. The Bertz CT molecular complexity index is 417. The highest BCUT2D eigenvalue weighted by Gasteiger charge is 2.17. The van der Waals surface area contributed by atoms with Gasteiger partial charge >= 0.3 is 0 Å². The molecule has 0 aliphatic carbocycles. The van der Waals surface area contributed by atoms with Gasteiger partial charge < -0.3 is 14.8 Å². The second-order valence-electron chi connectivity index (χ2n) is 5.09. The molecule has 1 saturated heterocycles. The van der Waals surface area contributed by atoms with Gasteiger partial charge in [0.15, 0.2) is 0 Å². The minimum absolute atomic E-state index is 0.171. The van der Waals surface area contributed by atoms with Crippen molar-refractivity contribution >= 4 is 0 Å². The summed E-state index contributed by atoms with van der Waals surface area (Å²) in [6.07, 6.45) is 3.03. The zero-order valence-corrected chi connectivity index (χ0v) is 11.7. The van der Waals surface area contributed by atoms with Crippen molar-refractivity contribution in [1.82, 2.24) is 5.32 Å². The molecule has 1 aromatic rings. The van der Waals surface area contributed by atoms with Gasteiger partial charge in [-0.05, 0) is 49.9 Å². The smallest absolute Gasteiger partial charge is 0.130 e. The normalized spacial score (nSPS) is 16.6. The van der Waals surface area contributed by atoms with Gasteiger partial charge in [-0.15, -0.1) is 0 Å². The summed E-state index contributed by atoms with van der Waals surface area (Å²) in [5.74, 6) is 0.961. The summed E-state index contributed by atoms with van der Waals surface area (Å²) in [5.41, 5.74) is 1.69. The lowest BCUT2D eigenvalue weighted by Gasteiger charge is -2.23. The van der Waals surface area contributed by atoms with E-state index in [1.165, 1.54) is 6.07 Å². The first-order valence-electron chi connectivity index (χ1n) is 6.79. The number of halogens is 1. The molecule has 106 valence electrons. The van der Waals surface area contributed by atoms with Gasteiger partial charge in [0.1, 0.15) is 11.6 Å². The van der Waals surface area contributed by atoms with Crippen LogP contribution in [0.25, 0.3) is 0 Å². The van der Waals surface area contributed by atoms with E-state index in [0.29, 0.717) is 18.3 Å². The van der Waals surface area contributed by atoms with E-state index in [4.69, 9.17) is 9.47 Å². The second kappa shape index (κ2) is 6.87. The number of piperidine rings is 1. The highest BCUT2D eigenvalue weighted by Crippen LogP contribution is 2.27. The van der Waals surface area contributed by atoms with Crippen molar-refractivity contribution in [2.45, 2.75) is 25.9 Å². The van der Waals surface area contributed by atoms with Gasteiger partial charge in [0, 0.05) is 18.7 Å². The molecule has 1 aromatic carbocycles. The lowest BCUT2D eigenvalue weighted by atomic mass is 9.90. The Labute approximate surface area is 114 Å². The molecule has 4 heteroatoms. The summed E-state index contributed by atoms with van der Waals surface area (Å²) < 4.78 is 24.4. The van der Waals surface area contributed by atoms with Crippen LogP contribution in [0.4, 0.5) is 4.39 Å². The highest BCUT2D eigenvalue weighted by molar-refractivity contribution is 5.38. The maximum atomic E-state index is 14.1. The SMILES string of the molecule is COCc1cc(CC2CCNCC2)c(F)cc1OC. The lowest BCUT2D eigenvalue weighted by molar-refractivity contribution is 0.181. The molecule has 0 spiro atoms. The molecule has 0 amide bonds. The van der Waals surface area contributed by atoms with Crippen LogP contribution in [0.5, 0.6) is 5.75 Å². The van der Waals surface area contributed by atoms with E-state index in [-0.39, 0.29) is 5.82 Å². The predicted molar refractivity (Wildman–Crippen MR) is 73.0 cm³/mol. The fraction of sp³-hybridized carbons (Fsp3) is 0.600. The molecule has 0 bridgehead atoms. The number of hydrogen-bond donors (Lipinski definition) is 1. The first-order chi connectivity index (χ1) is 9.24. The van der Waals surface area contributed by atoms with Gasteiger partial charge in [-0.3, -0.25) is 0 Å². The van der Waals surface area contributed by atoms with E-state index in [1.54, 1.807) is 14.2 Å². The topological polar surface area (TPSA) is 30.5 Å². The molecule has 0 aromatic heterocycles. The lowest BCUT2D eigenvalue weighted by Crippen LogP contribution is -2.28. The van der Waals surface area contributed by atoms with Crippen LogP contribution in [0.1, 0.15) is 24.0 Å². The Hall–Kier alpha value is -1.13. The third kappa shape index (κ3) is 3.67. The molecule has 0 radical (unpaired) electrons. The molecule has 1 heterocycles. The van der Waals surface area contributed by atoms with E-state index in [0.717, 1.165) is 43.5 Å². The summed E-state index contributed by atoms with van der Waals surface area (Å²) in [6.45, 7) is 2.52. The molecule has 1 aliphatic rings. The molecule has 0 unspecified atom stereocenters. The molecule has 2 rings (SSSR count). The maximum Gasteiger partial charge on any atom is 0.130 e. The standard InChI is InChI=1S/C15H22FNO2/c1-18-10-13-8-12(14(16)9-15(13)19-2)7-11-3-5-17-6-4-11/h8-9,11,17H,3-7,10H2,1-2H3. The van der Waals surface area contributed by atoms with E-state index in [9.17, 15) is 4.39 Å². The molecular weight excluding hydrogens is 245 g/mol. The zero-order chi connectivity index (χ0) is 13.7. The molecule has 1 fully saturated rings. The fourth-order valence-corrected chi connectivity index (χ4v) is 2.66. The number of benzene rings is 1. The molecule has 0 saturated carbocycles. The van der Waals surface area contributed by atoms with E-state index >= 15 is 0 Å². The molecular formula is C15H22FNO2. The van der Waals surface area contributed by atoms with Crippen LogP contribution < -0.4 is 10.1 Å². The van der Waals surface area contributed by atoms with Crippen molar-refractivity contribution in [2.75, 3.05) is 27.3 Å². The highest BCUT2D eigenvalue weighted by atomic mass is 19.1. The van der Waals surface area contributed by atoms with Crippen molar-refractivity contribution in [3.63, 3.8) is 0 Å². The van der Waals surface area contributed by atoms with Gasteiger partial charge in [-0.25, -0.2) is 4.39 Å². The van der Waals surface area contributed by atoms with Crippen molar-refractivity contribution in [2.24, 2.45) is 5.92 Å². The number of rotatable bonds is 5. The minimum Gasteiger partial charge on any atom is -0.496 e. The van der Waals surface area contributed by atoms with E-state index in [1.807, 2.05) is 6.07 Å². The molecule has 0 atom stereocenters. The molecule has 1 aliphatic heterocycles. The first kappa shape index (κ1) is 14.3.